The van der Waals surface area contributed by atoms with E-state index in [-0.39, 0.29) is 48.9 Å². The van der Waals surface area contributed by atoms with Gasteiger partial charge in [0.15, 0.2) is 0 Å². The van der Waals surface area contributed by atoms with Crippen molar-refractivity contribution in [2.24, 2.45) is 0 Å². The van der Waals surface area contributed by atoms with E-state index in [9.17, 15) is 9.59 Å². The molecule has 2 radical (unpaired) electrons. The van der Waals surface area contributed by atoms with Crippen molar-refractivity contribution in [2.75, 3.05) is 0 Å². The molecule has 0 rings (SSSR count). The van der Waals surface area contributed by atoms with E-state index in [2.05, 4.69) is 13.8 Å². The third-order valence-electron chi connectivity index (χ3n) is 3.99. The second-order valence-corrected chi connectivity index (χ2v) is 6.53. The van der Waals surface area contributed by atoms with E-state index in [1.165, 1.54) is 64.2 Å². The molecular formula is C20H40BaO4. The van der Waals surface area contributed by atoms with Crippen LogP contribution in [-0.2, 0) is 9.59 Å². The van der Waals surface area contributed by atoms with Gasteiger partial charge in [0.25, 0.3) is 0 Å². The summed E-state index contributed by atoms with van der Waals surface area (Å²) in [6.07, 6.45) is 17.3. The zero-order chi connectivity index (χ0) is 18.5. The topological polar surface area (TPSA) is 74.6 Å². The van der Waals surface area contributed by atoms with Crippen LogP contribution < -0.4 is 0 Å². The summed E-state index contributed by atoms with van der Waals surface area (Å²) in [6, 6.07) is 0. The van der Waals surface area contributed by atoms with Crippen LogP contribution >= 0.6 is 0 Å². The molecule has 0 spiro atoms. The quantitative estimate of drug-likeness (QED) is 0.208. The fourth-order valence-corrected chi connectivity index (χ4v) is 2.47. The Morgan fingerprint density at radius 1 is 0.520 bits per heavy atom. The standard InChI is InChI=1S/2C10H20O2.Ba/c2*1-2-3-4-5-6-7-8-9-10(11)12;/h2*2-9H2,1H3,(H,11,12);. The first kappa shape index (κ1) is 30.2. The monoisotopic (exact) mass is 482 g/mol. The summed E-state index contributed by atoms with van der Waals surface area (Å²) in [6.45, 7) is 4.40. The number of hydrogen-bond acceptors (Lipinski definition) is 2. The average molecular weight is 482 g/mol. The van der Waals surface area contributed by atoms with Crippen molar-refractivity contribution in [3.63, 3.8) is 0 Å². The maximum Gasteiger partial charge on any atom is 0.303 e. The third-order valence-corrected chi connectivity index (χ3v) is 3.99. The maximum absolute atomic E-state index is 10.1. The molecule has 0 heterocycles. The van der Waals surface area contributed by atoms with Gasteiger partial charge in [-0.1, -0.05) is 90.9 Å². The smallest absolute Gasteiger partial charge is 0.303 e. The molecule has 146 valence electrons. The van der Waals surface area contributed by atoms with Crippen molar-refractivity contribution in [3.8, 4) is 0 Å². The molecular weight excluding hydrogens is 442 g/mol. The van der Waals surface area contributed by atoms with E-state index in [1.807, 2.05) is 0 Å². The molecule has 0 atom stereocenters. The number of rotatable bonds is 16. The Hall–Kier alpha value is 0.511. The van der Waals surface area contributed by atoms with Gasteiger partial charge >= 0.3 is 11.9 Å². The largest absolute Gasteiger partial charge is 0.481 e. The van der Waals surface area contributed by atoms with Gasteiger partial charge in [-0.3, -0.25) is 9.59 Å². The number of carboxylic acid groups (broad SMARTS) is 2. The molecule has 0 aromatic carbocycles. The second-order valence-electron chi connectivity index (χ2n) is 6.53. The van der Waals surface area contributed by atoms with Gasteiger partial charge in [0, 0.05) is 61.7 Å². The summed E-state index contributed by atoms with van der Waals surface area (Å²) >= 11 is 0. The van der Waals surface area contributed by atoms with Crippen LogP contribution in [-0.4, -0.2) is 71.0 Å². The summed E-state index contributed by atoms with van der Waals surface area (Å²) < 4.78 is 0. The Morgan fingerprint density at radius 3 is 1.00 bits per heavy atom. The number of unbranched alkanes of at least 4 members (excludes halogenated alkanes) is 12. The van der Waals surface area contributed by atoms with Crippen LogP contribution in [0.5, 0.6) is 0 Å². The normalized spacial score (nSPS) is 9.68. The molecule has 0 aromatic heterocycles. The van der Waals surface area contributed by atoms with Crippen molar-refractivity contribution in [1.29, 1.82) is 0 Å². The van der Waals surface area contributed by atoms with Crippen molar-refractivity contribution >= 4 is 60.8 Å². The van der Waals surface area contributed by atoms with Crippen molar-refractivity contribution in [3.05, 3.63) is 0 Å². The van der Waals surface area contributed by atoms with E-state index in [0.29, 0.717) is 12.8 Å². The number of aliphatic carboxylic acids is 2. The van der Waals surface area contributed by atoms with E-state index >= 15 is 0 Å². The van der Waals surface area contributed by atoms with Crippen molar-refractivity contribution in [2.45, 2.75) is 117 Å². The van der Waals surface area contributed by atoms with Gasteiger partial charge in [0.1, 0.15) is 0 Å². The molecule has 0 saturated carbocycles. The van der Waals surface area contributed by atoms with Crippen LogP contribution in [0.2, 0.25) is 0 Å². The van der Waals surface area contributed by atoms with Crippen LogP contribution in [0.4, 0.5) is 0 Å². The summed E-state index contributed by atoms with van der Waals surface area (Å²) in [4.78, 5) is 20.3. The molecule has 0 bridgehead atoms. The predicted molar refractivity (Wildman–Crippen MR) is 106 cm³/mol. The molecule has 0 saturated heterocycles. The van der Waals surface area contributed by atoms with Crippen molar-refractivity contribution in [1.82, 2.24) is 0 Å². The summed E-state index contributed by atoms with van der Waals surface area (Å²) in [5.74, 6) is -1.33. The first-order valence-electron chi connectivity index (χ1n) is 9.98. The minimum absolute atomic E-state index is 0. The van der Waals surface area contributed by atoms with Gasteiger partial charge in [-0.25, -0.2) is 0 Å². The molecule has 0 aliphatic heterocycles. The summed E-state index contributed by atoms with van der Waals surface area (Å²) in [7, 11) is 0. The Labute approximate surface area is 195 Å². The molecule has 4 nitrogen and oxygen atoms in total. The SMILES string of the molecule is CCCCCCCCCC(=O)O.CCCCCCCCCC(=O)O.[Ba]. The molecule has 0 aromatic rings. The number of carboxylic acids is 2. The van der Waals surface area contributed by atoms with Gasteiger partial charge in [-0.2, -0.15) is 0 Å². The third kappa shape index (κ3) is 36.2. The molecule has 0 unspecified atom stereocenters. The maximum atomic E-state index is 10.1. The second kappa shape index (κ2) is 26.7. The van der Waals surface area contributed by atoms with Crippen LogP contribution in [0.25, 0.3) is 0 Å². The van der Waals surface area contributed by atoms with Crippen LogP contribution in [0, 0.1) is 0 Å². The molecule has 25 heavy (non-hydrogen) atoms. The van der Waals surface area contributed by atoms with E-state index in [1.54, 1.807) is 0 Å². The molecule has 2 N–H and O–H groups in total. The van der Waals surface area contributed by atoms with E-state index in [4.69, 9.17) is 10.2 Å². The minimum Gasteiger partial charge on any atom is -0.481 e. The average Bonchev–Trinajstić information content (AvgIpc) is 2.53. The molecule has 5 heteroatoms. The zero-order valence-electron chi connectivity index (χ0n) is 16.7. The van der Waals surface area contributed by atoms with Gasteiger partial charge in [0.05, 0.1) is 0 Å². The van der Waals surface area contributed by atoms with Gasteiger partial charge in [-0.05, 0) is 12.8 Å². The Bertz CT molecular complexity index is 255. The fourth-order valence-electron chi connectivity index (χ4n) is 2.47. The first-order chi connectivity index (χ1) is 11.5. The zero-order valence-corrected chi connectivity index (χ0v) is 21.2. The van der Waals surface area contributed by atoms with Crippen LogP contribution in [0.1, 0.15) is 117 Å². The number of carbonyl (C=O) groups is 2. The van der Waals surface area contributed by atoms with Crippen LogP contribution in [0.3, 0.4) is 0 Å². The summed E-state index contributed by atoms with van der Waals surface area (Å²) in [5.41, 5.74) is 0. The van der Waals surface area contributed by atoms with Crippen molar-refractivity contribution < 1.29 is 19.8 Å². The first-order valence-corrected chi connectivity index (χ1v) is 9.98. The predicted octanol–water partition coefficient (Wildman–Crippen LogP) is 6.04. The number of hydrogen-bond donors (Lipinski definition) is 2. The Morgan fingerprint density at radius 2 is 0.760 bits per heavy atom. The minimum atomic E-state index is -0.663. The molecule has 0 aliphatic rings. The van der Waals surface area contributed by atoms with Crippen LogP contribution in [0.15, 0.2) is 0 Å². The van der Waals surface area contributed by atoms with Gasteiger partial charge in [0.2, 0.25) is 0 Å². The van der Waals surface area contributed by atoms with E-state index in [0.717, 1.165) is 25.7 Å². The van der Waals surface area contributed by atoms with Gasteiger partial charge < -0.3 is 10.2 Å². The Balaban J connectivity index is -0.000000372. The Kier molecular flexibility index (Phi) is 32.3. The van der Waals surface area contributed by atoms with Gasteiger partial charge in [-0.15, -0.1) is 0 Å². The fraction of sp³-hybridized carbons (Fsp3) is 0.900. The van der Waals surface area contributed by atoms with E-state index < -0.39 is 11.9 Å². The molecule has 0 amide bonds. The summed E-state index contributed by atoms with van der Waals surface area (Å²) in [5, 5.41) is 16.7. The molecule has 0 fully saturated rings. The molecule has 0 aliphatic carbocycles.